The number of nitrogens with zero attached hydrogens (tertiary/aromatic N) is 5. The Morgan fingerprint density at radius 2 is 2.14 bits per heavy atom. The molecule has 0 spiro atoms. The van der Waals surface area contributed by atoms with E-state index < -0.39 is 0 Å². The molecular formula is C13H8Cl2N6. The predicted molar refractivity (Wildman–Crippen MR) is 80.0 cm³/mol. The van der Waals surface area contributed by atoms with E-state index in [-0.39, 0.29) is 0 Å². The van der Waals surface area contributed by atoms with Crippen LogP contribution >= 0.6 is 23.2 Å². The molecule has 0 aliphatic carbocycles. The molecule has 0 radical (unpaired) electrons. The Labute approximate surface area is 130 Å². The van der Waals surface area contributed by atoms with Crippen LogP contribution in [0.1, 0.15) is 11.1 Å². The van der Waals surface area contributed by atoms with E-state index in [0.29, 0.717) is 33.0 Å². The molecule has 0 saturated carbocycles. The summed E-state index contributed by atoms with van der Waals surface area (Å²) < 4.78 is 1.54. The number of hydrogen-bond acceptors (Lipinski definition) is 5. The van der Waals surface area contributed by atoms with Gasteiger partial charge in [0.25, 0.3) is 5.78 Å². The van der Waals surface area contributed by atoms with Gasteiger partial charge in [0.1, 0.15) is 17.3 Å². The van der Waals surface area contributed by atoms with E-state index in [2.05, 4.69) is 20.4 Å². The van der Waals surface area contributed by atoms with Crippen molar-refractivity contribution in [3.05, 3.63) is 45.8 Å². The first-order chi connectivity index (χ1) is 10.1. The number of rotatable bonds is 2. The molecule has 0 unspecified atom stereocenters. The van der Waals surface area contributed by atoms with Crippen molar-refractivity contribution in [2.45, 2.75) is 6.92 Å². The molecule has 3 rings (SSSR count). The van der Waals surface area contributed by atoms with Crippen molar-refractivity contribution in [2.24, 2.45) is 0 Å². The Kier molecular flexibility index (Phi) is 3.37. The highest BCUT2D eigenvalue weighted by Crippen LogP contribution is 2.29. The van der Waals surface area contributed by atoms with Gasteiger partial charge in [-0.05, 0) is 25.1 Å². The molecule has 0 amide bonds. The van der Waals surface area contributed by atoms with Crippen LogP contribution in [0.3, 0.4) is 0 Å². The Bertz CT molecular complexity index is 880. The summed E-state index contributed by atoms with van der Waals surface area (Å²) in [7, 11) is 0. The van der Waals surface area contributed by atoms with Crippen LogP contribution in [0, 0.1) is 18.3 Å². The summed E-state index contributed by atoms with van der Waals surface area (Å²) >= 11 is 12.3. The Morgan fingerprint density at radius 3 is 2.86 bits per heavy atom. The fourth-order valence-electron chi connectivity index (χ4n) is 1.86. The molecule has 0 saturated heterocycles. The molecule has 0 aliphatic rings. The normalized spacial score (nSPS) is 10.6. The fraction of sp³-hybridized carbons (Fsp3) is 0.0769. The van der Waals surface area contributed by atoms with Gasteiger partial charge in [-0.15, -0.1) is 0 Å². The van der Waals surface area contributed by atoms with Gasteiger partial charge < -0.3 is 5.32 Å². The van der Waals surface area contributed by atoms with Crippen LogP contribution in [0.5, 0.6) is 0 Å². The standard InChI is InChI=1S/C13H8Cl2N6/c1-7-11(15)20-13-17-6-18-21(13)12(7)19-10-3-2-8(5-16)4-9(10)14/h2-4,6,19H,1H3. The van der Waals surface area contributed by atoms with E-state index in [4.69, 9.17) is 28.5 Å². The summed E-state index contributed by atoms with van der Waals surface area (Å²) in [5, 5.41) is 16.9. The zero-order valence-electron chi connectivity index (χ0n) is 10.8. The van der Waals surface area contributed by atoms with Gasteiger partial charge in [0, 0.05) is 5.56 Å². The lowest BCUT2D eigenvalue weighted by Crippen LogP contribution is -2.05. The van der Waals surface area contributed by atoms with Gasteiger partial charge in [0.05, 0.1) is 22.3 Å². The average molecular weight is 319 g/mol. The van der Waals surface area contributed by atoms with Gasteiger partial charge >= 0.3 is 0 Å². The van der Waals surface area contributed by atoms with Crippen molar-refractivity contribution in [1.82, 2.24) is 19.6 Å². The highest BCUT2D eigenvalue weighted by molar-refractivity contribution is 6.33. The van der Waals surface area contributed by atoms with Gasteiger partial charge in [0.15, 0.2) is 0 Å². The first kappa shape index (κ1) is 13.6. The Morgan fingerprint density at radius 1 is 1.33 bits per heavy atom. The summed E-state index contributed by atoms with van der Waals surface area (Å²) in [5.74, 6) is 1.01. The number of anilines is 2. The zero-order chi connectivity index (χ0) is 15.0. The topological polar surface area (TPSA) is 78.9 Å². The van der Waals surface area contributed by atoms with Crippen molar-refractivity contribution in [3.63, 3.8) is 0 Å². The SMILES string of the molecule is Cc1c(Cl)nc2ncnn2c1Nc1ccc(C#N)cc1Cl. The second-order valence-corrected chi connectivity index (χ2v) is 5.04. The Hall–Kier alpha value is -2.36. The summed E-state index contributed by atoms with van der Waals surface area (Å²) in [6, 6.07) is 7.01. The molecule has 6 nitrogen and oxygen atoms in total. The number of halogens is 2. The third-order valence-electron chi connectivity index (χ3n) is 2.96. The minimum Gasteiger partial charge on any atom is -0.339 e. The summed E-state index contributed by atoms with van der Waals surface area (Å²) in [5.41, 5.74) is 1.84. The quantitative estimate of drug-likeness (QED) is 0.733. The summed E-state index contributed by atoms with van der Waals surface area (Å²) in [6.45, 7) is 1.82. The maximum atomic E-state index is 8.86. The van der Waals surface area contributed by atoms with E-state index in [0.717, 1.165) is 5.56 Å². The number of fused-ring (bicyclic) bond motifs is 1. The lowest BCUT2D eigenvalue weighted by molar-refractivity contribution is 0.936. The molecule has 2 aromatic heterocycles. The minimum absolute atomic E-state index is 0.336. The van der Waals surface area contributed by atoms with E-state index in [1.807, 2.05) is 13.0 Å². The van der Waals surface area contributed by atoms with Crippen LogP contribution in [-0.4, -0.2) is 19.6 Å². The van der Waals surface area contributed by atoms with E-state index in [9.17, 15) is 0 Å². The number of benzene rings is 1. The molecule has 0 bridgehead atoms. The van der Waals surface area contributed by atoms with Crippen molar-refractivity contribution in [1.29, 1.82) is 5.26 Å². The van der Waals surface area contributed by atoms with Crippen molar-refractivity contribution in [3.8, 4) is 6.07 Å². The largest absolute Gasteiger partial charge is 0.339 e. The molecule has 1 aromatic carbocycles. The van der Waals surface area contributed by atoms with Gasteiger partial charge in [-0.25, -0.2) is 0 Å². The average Bonchev–Trinajstić information content (AvgIpc) is 2.93. The van der Waals surface area contributed by atoms with Crippen LogP contribution in [0.4, 0.5) is 11.5 Å². The molecule has 104 valence electrons. The van der Waals surface area contributed by atoms with E-state index in [1.165, 1.54) is 10.8 Å². The van der Waals surface area contributed by atoms with E-state index in [1.54, 1.807) is 18.2 Å². The van der Waals surface area contributed by atoms with Crippen molar-refractivity contribution < 1.29 is 0 Å². The first-order valence-electron chi connectivity index (χ1n) is 5.92. The van der Waals surface area contributed by atoms with Gasteiger partial charge in [0.2, 0.25) is 0 Å². The maximum Gasteiger partial charge on any atom is 0.255 e. The molecule has 3 aromatic rings. The minimum atomic E-state index is 0.336. The zero-order valence-corrected chi connectivity index (χ0v) is 12.3. The molecule has 21 heavy (non-hydrogen) atoms. The van der Waals surface area contributed by atoms with Gasteiger partial charge in [-0.1, -0.05) is 23.2 Å². The highest BCUT2D eigenvalue weighted by atomic mass is 35.5. The maximum absolute atomic E-state index is 8.86. The van der Waals surface area contributed by atoms with Crippen molar-refractivity contribution in [2.75, 3.05) is 5.32 Å². The van der Waals surface area contributed by atoms with Crippen LogP contribution in [-0.2, 0) is 0 Å². The monoisotopic (exact) mass is 318 g/mol. The lowest BCUT2D eigenvalue weighted by atomic mass is 10.2. The molecule has 8 heteroatoms. The first-order valence-corrected chi connectivity index (χ1v) is 6.68. The summed E-state index contributed by atoms with van der Waals surface area (Å²) in [4.78, 5) is 8.14. The number of aromatic nitrogens is 4. The molecule has 1 N–H and O–H groups in total. The Balaban J connectivity index is 2.12. The highest BCUT2D eigenvalue weighted by Gasteiger charge is 2.13. The number of nitriles is 1. The van der Waals surface area contributed by atoms with Crippen LogP contribution in [0.25, 0.3) is 5.78 Å². The molecule has 0 fully saturated rings. The molecule has 2 heterocycles. The third kappa shape index (κ3) is 2.37. The van der Waals surface area contributed by atoms with Crippen LogP contribution < -0.4 is 5.32 Å². The number of nitrogens with one attached hydrogen (secondary N) is 1. The molecule has 0 aliphatic heterocycles. The van der Waals surface area contributed by atoms with Crippen LogP contribution in [0.15, 0.2) is 24.5 Å². The third-order valence-corrected chi connectivity index (χ3v) is 3.64. The number of hydrogen-bond donors (Lipinski definition) is 1. The van der Waals surface area contributed by atoms with Gasteiger partial charge in [-0.3, -0.25) is 0 Å². The second kappa shape index (κ2) is 5.20. The van der Waals surface area contributed by atoms with Crippen LogP contribution in [0.2, 0.25) is 10.2 Å². The van der Waals surface area contributed by atoms with Crippen molar-refractivity contribution >= 4 is 40.5 Å². The smallest absolute Gasteiger partial charge is 0.255 e. The predicted octanol–water partition coefficient (Wildman–Crippen LogP) is 3.35. The molecule has 0 atom stereocenters. The summed E-state index contributed by atoms with van der Waals surface area (Å²) in [6.07, 6.45) is 1.39. The van der Waals surface area contributed by atoms with E-state index >= 15 is 0 Å². The second-order valence-electron chi connectivity index (χ2n) is 4.28. The molecular weight excluding hydrogens is 311 g/mol. The van der Waals surface area contributed by atoms with Gasteiger partial charge in [-0.2, -0.15) is 24.8 Å². The fourth-order valence-corrected chi connectivity index (χ4v) is 2.25. The lowest BCUT2D eigenvalue weighted by Gasteiger charge is -2.13.